The number of ketones is 2. The molecule has 2 aromatic carbocycles. The first kappa shape index (κ1) is 36.4. The fraction of sp³-hybridized carbons (Fsp3) is 0.543. The molecule has 0 radical (unpaired) electrons. The molecule has 8 N–H and O–H groups in total. The van der Waals surface area contributed by atoms with Gasteiger partial charge in [0, 0.05) is 48.4 Å². The molecular formula is C35H45N3O11. The standard InChI is InChI=1S/C35H45N3O11/c1-4-5-6-7-8-12-24(40)38-37-23(16-39)35(46)14-19-27(22(15-35)49-25-13-20(36)30(41)17(2)48-25)34(45)29-28(32(19)43)31(42)18-10-9-11-21(47-3)26(18)33(29)44/h9-11,17,20,22,25,30,39,41,43,45-46H,4-8,12-16,36H2,1-3H3,(H,38,40)/b37-23+/t17-,20-,22+,25+,30+,35-/m0/s1. The summed E-state index contributed by atoms with van der Waals surface area (Å²) >= 11 is 0. The fourth-order valence-electron chi connectivity index (χ4n) is 6.97. The maximum Gasteiger partial charge on any atom is 0.240 e. The van der Waals surface area contributed by atoms with Gasteiger partial charge in [0.15, 0.2) is 12.1 Å². The quantitative estimate of drug-likeness (QED) is 0.0631. The summed E-state index contributed by atoms with van der Waals surface area (Å²) in [5.74, 6) is -3.14. The van der Waals surface area contributed by atoms with Gasteiger partial charge in [-0.25, -0.2) is 5.43 Å². The first-order chi connectivity index (χ1) is 23.4. The summed E-state index contributed by atoms with van der Waals surface area (Å²) in [6, 6.07) is 3.68. The third-order valence-electron chi connectivity index (χ3n) is 9.65. The number of ether oxygens (including phenoxy) is 3. The van der Waals surface area contributed by atoms with Crippen molar-refractivity contribution in [2.45, 2.75) is 108 Å². The summed E-state index contributed by atoms with van der Waals surface area (Å²) in [5, 5.41) is 60.3. The normalized spacial score (nSPS) is 26.5. The minimum Gasteiger partial charge on any atom is -0.507 e. The van der Waals surface area contributed by atoms with E-state index >= 15 is 0 Å². The number of nitrogens with zero attached hydrogens (tertiary/aromatic N) is 1. The van der Waals surface area contributed by atoms with E-state index in [1.165, 1.54) is 25.3 Å². The highest BCUT2D eigenvalue weighted by Gasteiger charge is 2.49. The van der Waals surface area contributed by atoms with Crippen LogP contribution >= 0.6 is 0 Å². The number of methoxy groups -OCH3 is 1. The number of rotatable bonds is 12. The number of nitrogens with two attached hydrogens (primary N) is 1. The molecule has 0 saturated carbocycles. The molecule has 5 rings (SSSR count). The predicted octanol–water partition coefficient (Wildman–Crippen LogP) is 2.26. The molecule has 14 heteroatoms. The lowest BCUT2D eigenvalue weighted by molar-refractivity contribution is -0.245. The van der Waals surface area contributed by atoms with E-state index in [9.17, 15) is 39.9 Å². The van der Waals surface area contributed by atoms with E-state index < -0.39 is 89.4 Å². The third kappa shape index (κ3) is 6.94. The van der Waals surface area contributed by atoms with Crippen molar-refractivity contribution in [2.75, 3.05) is 13.7 Å². The molecule has 1 aliphatic heterocycles. The number of phenols is 2. The van der Waals surface area contributed by atoms with Gasteiger partial charge in [0.25, 0.3) is 0 Å². The van der Waals surface area contributed by atoms with Crippen LogP contribution in [0.4, 0.5) is 0 Å². The van der Waals surface area contributed by atoms with Crippen LogP contribution in [0.5, 0.6) is 17.2 Å². The summed E-state index contributed by atoms with van der Waals surface area (Å²) in [7, 11) is 1.33. The second-order valence-electron chi connectivity index (χ2n) is 13.0. The summed E-state index contributed by atoms with van der Waals surface area (Å²) in [6.07, 6.45) is -0.138. The lowest BCUT2D eigenvalue weighted by atomic mass is 9.71. The highest BCUT2D eigenvalue weighted by atomic mass is 16.7. The van der Waals surface area contributed by atoms with Gasteiger partial charge in [-0.15, -0.1) is 0 Å². The zero-order valence-corrected chi connectivity index (χ0v) is 27.9. The highest BCUT2D eigenvalue weighted by Crippen LogP contribution is 2.52. The van der Waals surface area contributed by atoms with E-state index in [0.717, 1.165) is 25.7 Å². The Bertz CT molecular complexity index is 1630. The molecule has 266 valence electrons. The number of phenolic OH excluding ortho intramolecular Hbond substituents is 2. The Morgan fingerprint density at radius 2 is 1.82 bits per heavy atom. The van der Waals surface area contributed by atoms with Crippen LogP contribution in [0.15, 0.2) is 23.3 Å². The largest absolute Gasteiger partial charge is 0.507 e. The second-order valence-corrected chi connectivity index (χ2v) is 13.0. The summed E-state index contributed by atoms with van der Waals surface area (Å²) in [4.78, 5) is 40.3. The predicted molar refractivity (Wildman–Crippen MR) is 176 cm³/mol. The molecule has 3 aliphatic rings. The van der Waals surface area contributed by atoms with Gasteiger partial charge in [0.1, 0.15) is 22.8 Å². The molecule has 0 aromatic heterocycles. The maximum atomic E-state index is 13.9. The lowest BCUT2D eigenvalue weighted by Gasteiger charge is -2.43. The van der Waals surface area contributed by atoms with Crippen LogP contribution < -0.4 is 15.9 Å². The smallest absolute Gasteiger partial charge is 0.240 e. The van der Waals surface area contributed by atoms with Gasteiger partial charge >= 0.3 is 0 Å². The SMILES string of the molecule is CCCCCCCC(=O)N/N=C(\CO)[C@]1(O)Cc2c(O)c3c(c(O)c2[C@H](O[C@@H]2C[C@H](N)[C@H](O)[C@H](C)O2)C1)C(=O)c1c(OC)cccc1C3=O. The van der Waals surface area contributed by atoms with Gasteiger partial charge in [0.2, 0.25) is 11.7 Å². The molecule has 0 spiro atoms. The van der Waals surface area contributed by atoms with Crippen LogP contribution in [0.3, 0.4) is 0 Å². The maximum absolute atomic E-state index is 13.9. The van der Waals surface area contributed by atoms with Crippen LogP contribution in [0.1, 0.15) is 114 Å². The number of carbonyl (C=O) groups excluding carboxylic acids is 3. The van der Waals surface area contributed by atoms with E-state index in [1.54, 1.807) is 6.92 Å². The number of aliphatic hydroxyl groups excluding tert-OH is 2. The van der Waals surface area contributed by atoms with Crippen molar-refractivity contribution >= 4 is 23.2 Å². The van der Waals surface area contributed by atoms with E-state index in [0.29, 0.717) is 6.42 Å². The highest BCUT2D eigenvalue weighted by molar-refractivity contribution is 6.31. The number of nitrogens with one attached hydrogen (secondary N) is 1. The van der Waals surface area contributed by atoms with Gasteiger partial charge in [0.05, 0.1) is 54.4 Å². The molecule has 1 heterocycles. The van der Waals surface area contributed by atoms with Crippen LogP contribution in [-0.2, 0) is 20.7 Å². The molecule has 0 unspecified atom stereocenters. The van der Waals surface area contributed by atoms with Gasteiger partial charge in [-0.3, -0.25) is 14.4 Å². The molecule has 2 aromatic rings. The van der Waals surface area contributed by atoms with E-state index in [-0.39, 0.29) is 53.0 Å². The minimum absolute atomic E-state index is 0.0186. The van der Waals surface area contributed by atoms with Crippen LogP contribution in [0.25, 0.3) is 0 Å². The van der Waals surface area contributed by atoms with Crippen LogP contribution in [-0.4, -0.2) is 92.6 Å². The molecule has 1 amide bonds. The van der Waals surface area contributed by atoms with Gasteiger partial charge in [-0.2, -0.15) is 5.10 Å². The number of amides is 1. The van der Waals surface area contributed by atoms with Crippen molar-refractivity contribution in [1.82, 2.24) is 5.43 Å². The molecular weight excluding hydrogens is 638 g/mol. The number of hydrazone groups is 1. The molecule has 14 nitrogen and oxygen atoms in total. The molecule has 1 fully saturated rings. The third-order valence-corrected chi connectivity index (χ3v) is 9.65. The van der Waals surface area contributed by atoms with Crippen LogP contribution in [0.2, 0.25) is 0 Å². The Balaban J connectivity index is 1.57. The van der Waals surface area contributed by atoms with Crippen molar-refractivity contribution in [3.63, 3.8) is 0 Å². The van der Waals surface area contributed by atoms with Gasteiger partial charge < -0.3 is 45.5 Å². The first-order valence-electron chi connectivity index (χ1n) is 16.7. The molecule has 2 aliphatic carbocycles. The monoisotopic (exact) mass is 683 g/mol. The van der Waals surface area contributed by atoms with Crippen molar-refractivity contribution < 1.29 is 54.1 Å². The Hall–Kier alpha value is -3.92. The summed E-state index contributed by atoms with van der Waals surface area (Å²) in [6.45, 7) is 2.89. The minimum atomic E-state index is -2.08. The van der Waals surface area contributed by atoms with Crippen molar-refractivity contribution in [3.8, 4) is 17.2 Å². The Labute approximate surface area is 283 Å². The second kappa shape index (κ2) is 14.9. The topological polar surface area (TPSA) is 230 Å². The number of hydrogen-bond acceptors (Lipinski definition) is 13. The number of fused-ring (bicyclic) bond motifs is 3. The Kier molecular flexibility index (Phi) is 11.1. The van der Waals surface area contributed by atoms with Gasteiger partial charge in [-0.1, -0.05) is 44.7 Å². The summed E-state index contributed by atoms with van der Waals surface area (Å²) < 4.78 is 17.4. The van der Waals surface area contributed by atoms with Gasteiger partial charge in [-0.05, 0) is 19.4 Å². The average Bonchev–Trinajstić information content (AvgIpc) is 3.07. The number of aliphatic hydroxyl groups is 3. The number of hydrogen-bond donors (Lipinski definition) is 7. The van der Waals surface area contributed by atoms with Crippen molar-refractivity contribution in [3.05, 3.63) is 51.6 Å². The van der Waals surface area contributed by atoms with E-state index in [4.69, 9.17) is 19.9 Å². The average molecular weight is 684 g/mol. The summed E-state index contributed by atoms with van der Waals surface area (Å²) in [5.41, 5.74) is 4.93. The molecule has 6 atom stereocenters. The van der Waals surface area contributed by atoms with E-state index in [2.05, 4.69) is 17.5 Å². The number of benzene rings is 2. The first-order valence-corrected chi connectivity index (χ1v) is 16.7. The zero-order valence-electron chi connectivity index (χ0n) is 27.9. The van der Waals surface area contributed by atoms with Crippen LogP contribution in [0, 0.1) is 0 Å². The molecule has 0 bridgehead atoms. The lowest BCUT2D eigenvalue weighted by Crippen LogP contribution is -2.53. The van der Waals surface area contributed by atoms with E-state index in [1.807, 2.05) is 0 Å². The zero-order chi connectivity index (χ0) is 35.6. The Morgan fingerprint density at radius 3 is 2.49 bits per heavy atom. The number of aromatic hydroxyl groups is 2. The molecule has 49 heavy (non-hydrogen) atoms. The van der Waals surface area contributed by atoms with Crippen molar-refractivity contribution in [2.24, 2.45) is 10.8 Å². The number of unbranched alkanes of at least 4 members (excludes halogenated alkanes) is 4. The fourth-order valence-corrected chi connectivity index (χ4v) is 6.97. The van der Waals surface area contributed by atoms with Crippen molar-refractivity contribution in [1.29, 1.82) is 0 Å². The Morgan fingerprint density at radius 1 is 1.10 bits per heavy atom. The number of carbonyl (C=O) groups is 3. The molecule has 1 saturated heterocycles.